The Balaban J connectivity index is 1.49. The monoisotopic (exact) mass is 546 g/mol. The van der Waals surface area contributed by atoms with E-state index in [9.17, 15) is 34.2 Å². The number of aromatic hydroxyl groups is 1. The summed E-state index contributed by atoms with van der Waals surface area (Å²) in [4.78, 5) is 68.9. The number of rotatable bonds is 3. The first kappa shape index (κ1) is 25.5. The van der Waals surface area contributed by atoms with Crippen molar-refractivity contribution in [1.29, 1.82) is 0 Å². The van der Waals surface area contributed by atoms with Crippen LogP contribution in [-0.2, 0) is 25.6 Å². The number of benzene rings is 2. The number of phenolic OH excluding ortho intramolecular Hbond substituents is 1. The zero-order chi connectivity index (χ0) is 28.0. The Bertz CT molecular complexity index is 1590. The third-order valence-electron chi connectivity index (χ3n) is 8.64. The second-order valence-corrected chi connectivity index (χ2v) is 12.0. The standard InChI is InChI=1S/C29H26N2O7S/c1-31(2)23-16-10-13-9-15-14(19-11-12-5-3-4-6-18(12)39-19)7-8-17(32)21(15)24(33)20(13)26(35)29(16,38)27(36)22(25(23)34)28(30)37/h3-8,11,13,16,20,22-23,32,38H,9-10H2,1-2H3,(H2,30,37). The highest BCUT2D eigenvalue weighted by atomic mass is 32.1. The molecule has 0 saturated heterocycles. The van der Waals surface area contributed by atoms with Crippen molar-refractivity contribution in [2.45, 2.75) is 24.5 Å². The van der Waals surface area contributed by atoms with E-state index in [2.05, 4.69) is 0 Å². The van der Waals surface area contributed by atoms with Crippen molar-refractivity contribution in [2.75, 3.05) is 14.1 Å². The number of aliphatic hydroxyl groups is 1. The fourth-order valence-electron chi connectivity index (χ4n) is 6.95. The van der Waals surface area contributed by atoms with E-state index < -0.39 is 64.4 Å². The average Bonchev–Trinajstić information content (AvgIpc) is 3.30. The van der Waals surface area contributed by atoms with Gasteiger partial charge in [-0.1, -0.05) is 18.2 Å². The van der Waals surface area contributed by atoms with Crippen molar-refractivity contribution in [3.8, 4) is 16.2 Å². The zero-order valence-corrected chi connectivity index (χ0v) is 22.0. The summed E-state index contributed by atoms with van der Waals surface area (Å²) in [5.74, 6) is -10.5. The highest BCUT2D eigenvalue weighted by molar-refractivity contribution is 7.22. The third kappa shape index (κ3) is 3.41. The number of carbonyl (C=O) groups is 5. The lowest BCUT2D eigenvalue weighted by molar-refractivity contribution is -0.181. The van der Waals surface area contributed by atoms with Crippen molar-refractivity contribution < 1.29 is 34.2 Å². The molecule has 0 aliphatic heterocycles. The van der Waals surface area contributed by atoms with Crippen LogP contribution in [0.1, 0.15) is 22.3 Å². The largest absolute Gasteiger partial charge is 0.507 e. The Morgan fingerprint density at radius 1 is 1.08 bits per heavy atom. The number of carbonyl (C=O) groups excluding carboxylic acids is 5. The summed E-state index contributed by atoms with van der Waals surface area (Å²) in [6, 6.07) is 11.9. The Morgan fingerprint density at radius 3 is 2.46 bits per heavy atom. The molecule has 2 aromatic carbocycles. The van der Waals surface area contributed by atoms with Gasteiger partial charge in [-0.05, 0) is 73.6 Å². The number of primary amides is 1. The number of ketones is 4. The maximum Gasteiger partial charge on any atom is 0.235 e. The van der Waals surface area contributed by atoms with Crippen molar-refractivity contribution in [3.63, 3.8) is 0 Å². The Labute approximate surface area is 227 Å². The molecule has 3 aliphatic carbocycles. The first-order valence-electron chi connectivity index (χ1n) is 12.6. The van der Waals surface area contributed by atoms with Crippen LogP contribution >= 0.6 is 11.3 Å². The second kappa shape index (κ2) is 8.64. The number of thiophene rings is 1. The van der Waals surface area contributed by atoms with Gasteiger partial charge in [0.25, 0.3) is 0 Å². The molecular formula is C29H26N2O7S. The van der Waals surface area contributed by atoms with Crippen LogP contribution in [-0.4, -0.2) is 69.9 Å². The Morgan fingerprint density at radius 2 is 1.79 bits per heavy atom. The van der Waals surface area contributed by atoms with Crippen molar-refractivity contribution in [2.24, 2.45) is 29.4 Å². The first-order chi connectivity index (χ1) is 18.5. The highest BCUT2D eigenvalue weighted by Crippen LogP contribution is 2.52. The van der Waals surface area contributed by atoms with Crippen LogP contribution in [0.5, 0.6) is 5.75 Å². The smallest absolute Gasteiger partial charge is 0.235 e. The Kier molecular flexibility index (Phi) is 5.66. The lowest BCUT2D eigenvalue weighted by atomic mass is 9.52. The van der Waals surface area contributed by atoms with Gasteiger partial charge in [0.15, 0.2) is 34.7 Å². The average molecular weight is 547 g/mol. The van der Waals surface area contributed by atoms with E-state index in [4.69, 9.17) is 5.73 Å². The van der Waals surface area contributed by atoms with Gasteiger partial charge < -0.3 is 15.9 Å². The molecule has 200 valence electrons. The minimum Gasteiger partial charge on any atom is -0.507 e. The van der Waals surface area contributed by atoms with Crippen molar-refractivity contribution in [3.05, 3.63) is 53.6 Å². The summed E-state index contributed by atoms with van der Waals surface area (Å²) < 4.78 is 1.06. The van der Waals surface area contributed by atoms with Gasteiger partial charge in [0.2, 0.25) is 5.91 Å². The van der Waals surface area contributed by atoms with Crippen LogP contribution < -0.4 is 5.73 Å². The molecule has 0 bridgehead atoms. The van der Waals surface area contributed by atoms with E-state index in [-0.39, 0.29) is 24.2 Å². The van der Waals surface area contributed by atoms with Gasteiger partial charge in [0, 0.05) is 15.5 Å². The number of nitrogens with two attached hydrogens (primary N) is 1. The molecule has 2 fully saturated rings. The lowest BCUT2D eigenvalue weighted by Gasteiger charge is -2.52. The third-order valence-corrected chi connectivity index (χ3v) is 9.79. The SMILES string of the molecule is CN(C)C1C(=O)C(C(N)=O)C(=O)C2(O)C(=O)C3C(=O)c4c(O)ccc(-c5cc6ccccc6s5)c4CC3CC12. The van der Waals surface area contributed by atoms with Crippen molar-refractivity contribution >= 4 is 50.5 Å². The molecule has 0 radical (unpaired) electrons. The molecule has 6 rings (SSSR count). The van der Waals surface area contributed by atoms with E-state index in [0.29, 0.717) is 5.56 Å². The molecule has 3 aromatic rings. The quantitative estimate of drug-likeness (QED) is 0.420. The highest BCUT2D eigenvalue weighted by Gasteiger charge is 2.69. The number of likely N-dealkylation sites (N-methyl/N-ethyl adjacent to an activating group) is 1. The molecule has 3 aliphatic rings. The van der Waals surface area contributed by atoms with Crippen LogP contribution in [0.15, 0.2) is 42.5 Å². The number of nitrogens with zero attached hydrogens (tertiary/aromatic N) is 1. The molecule has 1 amide bonds. The summed E-state index contributed by atoms with van der Waals surface area (Å²) in [6.45, 7) is 0. The van der Waals surface area contributed by atoms with Crippen LogP contribution in [0, 0.1) is 23.7 Å². The first-order valence-corrected chi connectivity index (χ1v) is 13.5. The summed E-state index contributed by atoms with van der Waals surface area (Å²) in [5.41, 5.74) is 3.98. The lowest BCUT2D eigenvalue weighted by Crippen LogP contribution is -2.74. The van der Waals surface area contributed by atoms with E-state index in [1.165, 1.54) is 11.0 Å². The number of amides is 1. The van der Waals surface area contributed by atoms with E-state index in [1.807, 2.05) is 30.3 Å². The summed E-state index contributed by atoms with van der Waals surface area (Å²) in [6.07, 6.45) is 0.245. The number of phenols is 1. The summed E-state index contributed by atoms with van der Waals surface area (Å²) in [7, 11) is 3.12. The van der Waals surface area contributed by atoms with Gasteiger partial charge in [-0.2, -0.15) is 0 Å². The van der Waals surface area contributed by atoms with Gasteiger partial charge in [0.05, 0.1) is 17.5 Å². The van der Waals surface area contributed by atoms with Crippen molar-refractivity contribution in [1.82, 2.24) is 4.90 Å². The fraction of sp³-hybridized carbons (Fsp3) is 0.345. The molecular weight excluding hydrogens is 520 g/mol. The van der Waals surface area contributed by atoms with Crippen LogP contribution in [0.2, 0.25) is 0 Å². The number of hydrogen-bond donors (Lipinski definition) is 3. The number of Topliss-reactive ketones (excluding diaryl/α,β-unsaturated/α-hetero) is 4. The molecule has 2 saturated carbocycles. The molecule has 1 heterocycles. The fourth-order valence-corrected chi connectivity index (χ4v) is 8.07. The van der Waals surface area contributed by atoms with Gasteiger partial charge in [-0.3, -0.25) is 28.9 Å². The predicted octanol–water partition coefficient (Wildman–Crippen LogP) is 1.75. The van der Waals surface area contributed by atoms with Gasteiger partial charge in [-0.15, -0.1) is 11.3 Å². The van der Waals surface area contributed by atoms with Gasteiger partial charge in [0.1, 0.15) is 5.75 Å². The minimum absolute atomic E-state index is 0.00319. The summed E-state index contributed by atoms with van der Waals surface area (Å²) >= 11 is 1.55. The van der Waals surface area contributed by atoms with E-state index >= 15 is 0 Å². The minimum atomic E-state index is -2.73. The number of hydrogen-bond acceptors (Lipinski definition) is 9. The topological polar surface area (TPSA) is 155 Å². The molecule has 4 N–H and O–H groups in total. The molecule has 10 heteroatoms. The maximum atomic E-state index is 13.9. The molecule has 6 unspecified atom stereocenters. The van der Waals surface area contributed by atoms with Crippen LogP contribution in [0.4, 0.5) is 0 Å². The number of fused-ring (bicyclic) bond motifs is 4. The predicted molar refractivity (Wildman–Crippen MR) is 142 cm³/mol. The molecule has 6 atom stereocenters. The second-order valence-electron chi connectivity index (χ2n) is 10.9. The zero-order valence-electron chi connectivity index (χ0n) is 21.2. The van der Waals surface area contributed by atoms with E-state index in [1.54, 1.807) is 31.5 Å². The van der Waals surface area contributed by atoms with Gasteiger partial charge >= 0.3 is 0 Å². The Hall–Kier alpha value is -3.73. The summed E-state index contributed by atoms with van der Waals surface area (Å²) in [5, 5.41) is 23.5. The molecule has 39 heavy (non-hydrogen) atoms. The normalized spacial score (nSPS) is 30.3. The van der Waals surface area contributed by atoms with Gasteiger partial charge in [-0.25, -0.2) is 0 Å². The molecule has 0 spiro atoms. The van der Waals surface area contributed by atoms with Crippen LogP contribution in [0.3, 0.4) is 0 Å². The van der Waals surface area contributed by atoms with E-state index in [0.717, 1.165) is 20.5 Å². The molecule has 1 aromatic heterocycles. The van der Waals surface area contributed by atoms with Crippen LogP contribution in [0.25, 0.3) is 20.5 Å². The molecule has 9 nitrogen and oxygen atoms in total. The maximum absolute atomic E-state index is 13.9.